The van der Waals surface area contributed by atoms with Crippen LogP contribution in [0.2, 0.25) is 0 Å². The third kappa shape index (κ3) is 2.40. The van der Waals surface area contributed by atoms with E-state index >= 15 is 0 Å². The third-order valence-electron chi connectivity index (χ3n) is 2.21. The number of aryl methyl sites for hydroxylation is 1. The van der Waals surface area contributed by atoms with E-state index in [-0.39, 0.29) is 11.7 Å². The minimum Gasteiger partial charge on any atom is -0.428 e. The summed E-state index contributed by atoms with van der Waals surface area (Å²) in [5.41, 5.74) is 1.80. The molecule has 4 heteroatoms. The van der Waals surface area contributed by atoms with Crippen LogP contribution in [-0.4, -0.2) is 12.3 Å². The first-order valence-corrected chi connectivity index (χ1v) is 4.63. The standard InChI is InChI=1S/C11H13FN2O/c1-3-9-7(2)4-8(5-10(9)12)11(14)15-6-13/h4-6,13-14H,3H2,1-2H3. The zero-order valence-electron chi connectivity index (χ0n) is 8.73. The summed E-state index contributed by atoms with van der Waals surface area (Å²) in [6.07, 6.45) is 1.28. The molecule has 0 amide bonds. The van der Waals surface area contributed by atoms with Gasteiger partial charge in [-0.15, -0.1) is 0 Å². The maximum atomic E-state index is 13.5. The van der Waals surface area contributed by atoms with Gasteiger partial charge in [-0.25, -0.2) is 4.39 Å². The molecule has 0 radical (unpaired) electrons. The minimum atomic E-state index is -0.328. The number of benzene rings is 1. The van der Waals surface area contributed by atoms with Crippen LogP contribution in [0.25, 0.3) is 0 Å². The van der Waals surface area contributed by atoms with E-state index in [9.17, 15) is 4.39 Å². The van der Waals surface area contributed by atoms with Crippen molar-refractivity contribution >= 4 is 12.3 Å². The molecular weight excluding hydrogens is 195 g/mol. The monoisotopic (exact) mass is 208 g/mol. The maximum Gasteiger partial charge on any atom is 0.220 e. The van der Waals surface area contributed by atoms with Gasteiger partial charge in [-0.2, -0.15) is 0 Å². The fraction of sp³-hybridized carbons (Fsp3) is 0.273. The molecule has 0 atom stereocenters. The number of hydrogen-bond acceptors (Lipinski definition) is 3. The van der Waals surface area contributed by atoms with Crippen molar-refractivity contribution in [2.24, 2.45) is 0 Å². The van der Waals surface area contributed by atoms with Gasteiger partial charge < -0.3 is 4.74 Å². The molecule has 0 aliphatic rings. The second-order valence-corrected chi connectivity index (χ2v) is 3.17. The normalized spacial score (nSPS) is 9.80. The largest absolute Gasteiger partial charge is 0.428 e. The molecule has 1 aromatic rings. The summed E-state index contributed by atoms with van der Waals surface area (Å²) in [4.78, 5) is 0. The summed E-state index contributed by atoms with van der Waals surface area (Å²) in [5, 5.41) is 14.1. The molecule has 0 aliphatic carbocycles. The Bertz CT molecular complexity index is 379. The van der Waals surface area contributed by atoms with Gasteiger partial charge in [0.2, 0.25) is 5.90 Å². The fourth-order valence-electron chi connectivity index (χ4n) is 1.48. The van der Waals surface area contributed by atoms with Crippen LogP contribution in [-0.2, 0) is 11.2 Å². The smallest absolute Gasteiger partial charge is 0.220 e. The van der Waals surface area contributed by atoms with Gasteiger partial charge >= 0.3 is 0 Å². The molecule has 0 unspecified atom stereocenters. The van der Waals surface area contributed by atoms with Crippen molar-refractivity contribution in [3.63, 3.8) is 0 Å². The van der Waals surface area contributed by atoms with Gasteiger partial charge in [-0.3, -0.25) is 10.8 Å². The molecule has 2 N–H and O–H groups in total. The predicted molar refractivity (Wildman–Crippen MR) is 57.2 cm³/mol. The summed E-state index contributed by atoms with van der Waals surface area (Å²) in [6.45, 7) is 3.67. The summed E-state index contributed by atoms with van der Waals surface area (Å²) >= 11 is 0. The van der Waals surface area contributed by atoms with Gasteiger partial charge in [0, 0.05) is 5.56 Å². The van der Waals surface area contributed by atoms with E-state index in [1.807, 2.05) is 6.92 Å². The molecule has 1 rings (SSSR count). The molecule has 0 saturated heterocycles. The van der Waals surface area contributed by atoms with Crippen LogP contribution in [0.4, 0.5) is 4.39 Å². The topological polar surface area (TPSA) is 56.9 Å². The van der Waals surface area contributed by atoms with Crippen molar-refractivity contribution in [2.75, 3.05) is 0 Å². The number of halogens is 1. The lowest BCUT2D eigenvalue weighted by Gasteiger charge is -2.08. The molecular formula is C11H13FN2O. The lowest BCUT2D eigenvalue weighted by Crippen LogP contribution is -2.06. The van der Waals surface area contributed by atoms with E-state index in [4.69, 9.17) is 10.8 Å². The maximum absolute atomic E-state index is 13.5. The second-order valence-electron chi connectivity index (χ2n) is 3.17. The van der Waals surface area contributed by atoms with Crippen LogP contribution in [0.1, 0.15) is 23.6 Å². The first-order valence-electron chi connectivity index (χ1n) is 4.63. The summed E-state index contributed by atoms with van der Waals surface area (Å²) in [5.74, 6) is -0.541. The Hall–Kier alpha value is -1.71. The molecule has 0 spiro atoms. The SMILES string of the molecule is CCc1c(C)cc(C(=N)OC=N)cc1F. The summed E-state index contributed by atoms with van der Waals surface area (Å²) < 4.78 is 18.1. The quantitative estimate of drug-likeness (QED) is 0.582. The van der Waals surface area contributed by atoms with Crippen molar-refractivity contribution in [3.05, 3.63) is 34.6 Å². The average Bonchev–Trinajstić information content (AvgIpc) is 2.17. The molecule has 0 saturated carbocycles. The lowest BCUT2D eigenvalue weighted by atomic mass is 10.0. The van der Waals surface area contributed by atoms with Crippen molar-refractivity contribution in [3.8, 4) is 0 Å². The van der Waals surface area contributed by atoms with Crippen molar-refractivity contribution < 1.29 is 9.13 Å². The van der Waals surface area contributed by atoms with Crippen LogP contribution in [0, 0.1) is 23.6 Å². The minimum absolute atomic E-state index is 0.213. The van der Waals surface area contributed by atoms with Crippen molar-refractivity contribution in [2.45, 2.75) is 20.3 Å². The van der Waals surface area contributed by atoms with Crippen LogP contribution in [0.15, 0.2) is 12.1 Å². The van der Waals surface area contributed by atoms with E-state index in [0.717, 1.165) is 5.56 Å². The number of rotatable bonds is 3. The van der Waals surface area contributed by atoms with E-state index in [0.29, 0.717) is 23.9 Å². The highest BCUT2D eigenvalue weighted by Crippen LogP contribution is 2.17. The molecule has 3 nitrogen and oxygen atoms in total. The van der Waals surface area contributed by atoms with E-state index < -0.39 is 0 Å². The van der Waals surface area contributed by atoms with Crippen LogP contribution < -0.4 is 0 Å². The van der Waals surface area contributed by atoms with Crippen molar-refractivity contribution in [1.82, 2.24) is 0 Å². The van der Waals surface area contributed by atoms with Gasteiger partial charge in [0.15, 0.2) is 6.40 Å². The molecule has 0 fully saturated rings. The van der Waals surface area contributed by atoms with Crippen LogP contribution >= 0.6 is 0 Å². The zero-order valence-corrected chi connectivity index (χ0v) is 8.73. The summed E-state index contributed by atoms with van der Waals surface area (Å²) in [7, 11) is 0. The van der Waals surface area contributed by atoms with E-state index in [2.05, 4.69) is 4.74 Å². The molecule has 15 heavy (non-hydrogen) atoms. The highest BCUT2D eigenvalue weighted by molar-refractivity contribution is 5.95. The fourth-order valence-corrected chi connectivity index (χ4v) is 1.48. The predicted octanol–water partition coefficient (Wildman–Crippen LogP) is 2.65. The Morgan fingerprint density at radius 3 is 2.67 bits per heavy atom. The Kier molecular flexibility index (Phi) is 3.55. The van der Waals surface area contributed by atoms with Gasteiger partial charge in [-0.1, -0.05) is 6.92 Å². The average molecular weight is 208 g/mol. The molecule has 0 heterocycles. The molecule has 80 valence electrons. The highest BCUT2D eigenvalue weighted by atomic mass is 19.1. The highest BCUT2D eigenvalue weighted by Gasteiger charge is 2.09. The molecule has 0 aromatic heterocycles. The van der Waals surface area contributed by atoms with Gasteiger partial charge in [0.1, 0.15) is 5.82 Å². The number of nitrogens with one attached hydrogen (secondary N) is 2. The van der Waals surface area contributed by atoms with E-state index in [1.54, 1.807) is 13.0 Å². The first-order chi connectivity index (χ1) is 7.10. The Labute approximate surface area is 87.9 Å². The van der Waals surface area contributed by atoms with Crippen molar-refractivity contribution in [1.29, 1.82) is 10.8 Å². The Morgan fingerprint density at radius 1 is 1.53 bits per heavy atom. The number of ether oxygens (including phenoxy) is 1. The first kappa shape index (κ1) is 11.4. The summed E-state index contributed by atoms with van der Waals surface area (Å²) in [6, 6.07) is 2.95. The lowest BCUT2D eigenvalue weighted by molar-refractivity contribution is 0.558. The Balaban J connectivity index is 3.13. The molecule has 1 aromatic carbocycles. The van der Waals surface area contributed by atoms with Gasteiger partial charge in [-0.05, 0) is 36.6 Å². The second kappa shape index (κ2) is 4.68. The van der Waals surface area contributed by atoms with Crippen LogP contribution in [0.3, 0.4) is 0 Å². The van der Waals surface area contributed by atoms with Crippen LogP contribution in [0.5, 0.6) is 0 Å². The van der Waals surface area contributed by atoms with E-state index in [1.165, 1.54) is 6.07 Å². The Morgan fingerprint density at radius 2 is 2.20 bits per heavy atom. The third-order valence-corrected chi connectivity index (χ3v) is 2.21. The zero-order chi connectivity index (χ0) is 11.4. The van der Waals surface area contributed by atoms with Gasteiger partial charge in [0.25, 0.3) is 0 Å². The van der Waals surface area contributed by atoms with Gasteiger partial charge in [0.05, 0.1) is 0 Å². The molecule has 0 bridgehead atoms. The number of hydrogen-bond donors (Lipinski definition) is 2. The molecule has 0 aliphatic heterocycles.